The van der Waals surface area contributed by atoms with Crippen molar-refractivity contribution in [1.29, 1.82) is 0 Å². The van der Waals surface area contributed by atoms with Crippen LogP contribution in [-0.4, -0.2) is 30.8 Å². The number of hydrogen-bond acceptors (Lipinski definition) is 3. The van der Waals surface area contributed by atoms with Crippen molar-refractivity contribution in [2.24, 2.45) is 5.41 Å². The highest BCUT2D eigenvalue weighted by molar-refractivity contribution is 5.76. The minimum absolute atomic E-state index is 0.249. The Labute approximate surface area is 98.4 Å². The minimum Gasteiger partial charge on any atom is -0.481 e. The summed E-state index contributed by atoms with van der Waals surface area (Å²) in [6.45, 7) is 1.38. The van der Waals surface area contributed by atoms with Crippen LogP contribution in [0.4, 0.5) is 4.39 Å². The molecule has 17 heavy (non-hydrogen) atoms. The fraction of sp³-hybridized carbons (Fsp3) is 0.417. The van der Waals surface area contributed by atoms with Crippen LogP contribution in [0.1, 0.15) is 5.56 Å². The zero-order valence-corrected chi connectivity index (χ0v) is 9.28. The van der Waals surface area contributed by atoms with E-state index in [1.54, 1.807) is 12.1 Å². The van der Waals surface area contributed by atoms with Crippen LogP contribution in [0.3, 0.4) is 0 Å². The van der Waals surface area contributed by atoms with Crippen molar-refractivity contribution < 1.29 is 19.0 Å². The van der Waals surface area contributed by atoms with Gasteiger partial charge in [-0.3, -0.25) is 4.79 Å². The lowest BCUT2D eigenvalue weighted by atomic mass is 9.86. The molecule has 0 saturated carbocycles. The number of carboxylic acid groups (broad SMARTS) is 1. The highest BCUT2D eigenvalue weighted by Gasteiger charge is 2.45. The van der Waals surface area contributed by atoms with Crippen molar-refractivity contribution in [3.05, 3.63) is 35.6 Å². The largest absolute Gasteiger partial charge is 0.481 e. The van der Waals surface area contributed by atoms with Gasteiger partial charge >= 0.3 is 5.97 Å². The quantitative estimate of drug-likeness (QED) is 0.805. The third-order valence-electron chi connectivity index (χ3n) is 2.92. The van der Waals surface area contributed by atoms with Gasteiger partial charge in [-0.25, -0.2) is 4.39 Å². The second-order valence-corrected chi connectivity index (χ2v) is 4.31. The number of nitrogens with one attached hydrogen (secondary N) is 1. The second kappa shape index (κ2) is 4.81. The molecule has 0 aromatic heterocycles. The topological polar surface area (TPSA) is 58.6 Å². The lowest BCUT2D eigenvalue weighted by Gasteiger charge is -2.37. The van der Waals surface area contributed by atoms with Gasteiger partial charge < -0.3 is 15.2 Å². The van der Waals surface area contributed by atoms with E-state index in [4.69, 9.17) is 9.84 Å². The third-order valence-corrected chi connectivity index (χ3v) is 2.92. The molecule has 1 aliphatic rings. The van der Waals surface area contributed by atoms with Crippen molar-refractivity contribution in [3.8, 4) is 0 Å². The van der Waals surface area contributed by atoms with Crippen molar-refractivity contribution in [3.63, 3.8) is 0 Å². The Kier molecular flexibility index (Phi) is 3.40. The van der Waals surface area contributed by atoms with Crippen molar-refractivity contribution in [2.75, 3.05) is 19.8 Å². The van der Waals surface area contributed by atoms with Crippen LogP contribution in [0.25, 0.3) is 0 Å². The SMILES string of the molecule is O=C(O)C1(CNCc2ccc(F)cc2)COC1. The van der Waals surface area contributed by atoms with E-state index in [2.05, 4.69) is 5.32 Å². The van der Waals surface area contributed by atoms with Crippen LogP contribution >= 0.6 is 0 Å². The van der Waals surface area contributed by atoms with Crippen LogP contribution in [0.15, 0.2) is 24.3 Å². The van der Waals surface area contributed by atoms with E-state index < -0.39 is 11.4 Å². The summed E-state index contributed by atoms with van der Waals surface area (Å²) in [4.78, 5) is 11.0. The molecule has 5 heteroatoms. The average molecular weight is 239 g/mol. The fourth-order valence-corrected chi connectivity index (χ4v) is 1.70. The van der Waals surface area contributed by atoms with Gasteiger partial charge in [0.05, 0.1) is 13.2 Å². The van der Waals surface area contributed by atoms with Crippen LogP contribution < -0.4 is 5.32 Å². The van der Waals surface area contributed by atoms with Crippen LogP contribution in [0, 0.1) is 11.2 Å². The monoisotopic (exact) mass is 239 g/mol. The third kappa shape index (κ3) is 2.62. The van der Waals surface area contributed by atoms with Gasteiger partial charge in [-0.1, -0.05) is 12.1 Å². The molecule has 0 radical (unpaired) electrons. The molecule has 0 bridgehead atoms. The molecule has 1 heterocycles. The number of carbonyl (C=O) groups is 1. The molecule has 92 valence electrons. The Morgan fingerprint density at radius 2 is 2.06 bits per heavy atom. The lowest BCUT2D eigenvalue weighted by Crippen LogP contribution is -2.55. The van der Waals surface area contributed by atoms with E-state index in [1.807, 2.05) is 0 Å². The Hall–Kier alpha value is -1.46. The van der Waals surface area contributed by atoms with Crippen LogP contribution in [-0.2, 0) is 16.1 Å². The van der Waals surface area contributed by atoms with Crippen molar-refractivity contribution in [2.45, 2.75) is 6.54 Å². The summed E-state index contributed by atoms with van der Waals surface area (Å²) in [6, 6.07) is 6.12. The number of aliphatic carboxylic acids is 1. The number of halogens is 1. The maximum absolute atomic E-state index is 12.7. The normalized spacial score (nSPS) is 17.5. The number of ether oxygens (including phenoxy) is 1. The lowest BCUT2D eigenvalue weighted by molar-refractivity contribution is -0.178. The van der Waals surface area contributed by atoms with Gasteiger partial charge in [0.2, 0.25) is 0 Å². The van der Waals surface area contributed by atoms with Gasteiger partial charge in [-0.2, -0.15) is 0 Å². The van der Waals surface area contributed by atoms with E-state index in [9.17, 15) is 9.18 Å². The van der Waals surface area contributed by atoms with Crippen molar-refractivity contribution >= 4 is 5.97 Å². The predicted octanol–water partition coefficient (Wildman–Crippen LogP) is 1.02. The summed E-state index contributed by atoms with van der Waals surface area (Å²) in [7, 11) is 0. The summed E-state index contributed by atoms with van der Waals surface area (Å²) in [5.74, 6) is -1.11. The van der Waals surface area contributed by atoms with E-state index >= 15 is 0 Å². The first-order valence-corrected chi connectivity index (χ1v) is 5.39. The zero-order valence-electron chi connectivity index (χ0n) is 9.28. The molecule has 4 nitrogen and oxygen atoms in total. The highest BCUT2D eigenvalue weighted by Crippen LogP contribution is 2.26. The van der Waals surface area contributed by atoms with Gasteiger partial charge in [0.15, 0.2) is 0 Å². The average Bonchev–Trinajstić information content (AvgIpc) is 2.24. The van der Waals surface area contributed by atoms with Crippen LogP contribution in [0.2, 0.25) is 0 Å². The summed E-state index contributed by atoms with van der Waals surface area (Å²) in [5.41, 5.74) is 0.132. The molecule has 1 aromatic rings. The molecule has 2 N–H and O–H groups in total. The van der Waals surface area contributed by atoms with Gasteiger partial charge in [0.1, 0.15) is 11.2 Å². The maximum Gasteiger partial charge on any atom is 0.315 e. The van der Waals surface area contributed by atoms with Gasteiger partial charge in [0.25, 0.3) is 0 Å². The molecule has 0 aliphatic carbocycles. The molecular weight excluding hydrogens is 225 g/mol. The Morgan fingerprint density at radius 1 is 1.41 bits per heavy atom. The summed E-state index contributed by atoms with van der Waals surface area (Å²) < 4.78 is 17.6. The van der Waals surface area contributed by atoms with Gasteiger partial charge in [0, 0.05) is 13.1 Å². The summed E-state index contributed by atoms with van der Waals surface area (Å²) in [5, 5.41) is 12.1. The Bertz CT molecular complexity index is 401. The number of rotatable bonds is 5. The minimum atomic E-state index is -0.838. The molecule has 1 aliphatic heterocycles. The van der Waals surface area contributed by atoms with E-state index in [0.717, 1.165) is 5.56 Å². The maximum atomic E-state index is 12.7. The second-order valence-electron chi connectivity index (χ2n) is 4.31. The zero-order chi connectivity index (χ0) is 12.3. The molecule has 0 unspecified atom stereocenters. The van der Waals surface area contributed by atoms with E-state index in [1.165, 1.54) is 12.1 Å². The molecule has 1 fully saturated rings. The highest BCUT2D eigenvalue weighted by atomic mass is 19.1. The standard InChI is InChI=1S/C12H14FNO3/c13-10-3-1-9(2-4-10)5-14-6-12(11(15)16)7-17-8-12/h1-4,14H,5-8H2,(H,15,16). The molecule has 2 rings (SSSR count). The summed E-state index contributed by atoms with van der Waals surface area (Å²) in [6.07, 6.45) is 0. The number of benzene rings is 1. The Morgan fingerprint density at radius 3 is 2.53 bits per heavy atom. The van der Waals surface area contributed by atoms with Crippen LogP contribution in [0.5, 0.6) is 0 Å². The van der Waals surface area contributed by atoms with E-state index in [-0.39, 0.29) is 19.0 Å². The Balaban J connectivity index is 1.83. The smallest absolute Gasteiger partial charge is 0.315 e. The van der Waals surface area contributed by atoms with Gasteiger partial charge in [-0.05, 0) is 17.7 Å². The first kappa shape index (κ1) is 12.0. The molecule has 1 aromatic carbocycles. The molecule has 0 atom stereocenters. The number of carboxylic acids is 1. The molecular formula is C12H14FNO3. The molecule has 1 saturated heterocycles. The first-order chi connectivity index (χ1) is 8.12. The van der Waals surface area contributed by atoms with Crippen molar-refractivity contribution in [1.82, 2.24) is 5.32 Å². The van der Waals surface area contributed by atoms with Gasteiger partial charge in [-0.15, -0.1) is 0 Å². The fourth-order valence-electron chi connectivity index (χ4n) is 1.70. The predicted molar refractivity (Wildman–Crippen MR) is 59.0 cm³/mol. The molecule has 0 amide bonds. The summed E-state index contributed by atoms with van der Waals surface area (Å²) >= 11 is 0. The molecule has 0 spiro atoms. The van der Waals surface area contributed by atoms with E-state index in [0.29, 0.717) is 13.1 Å². The first-order valence-electron chi connectivity index (χ1n) is 5.39. The number of hydrogen-bond donors (Lipinski definition) is 2.